The lowest BCUT2D eigenvalue weighted by molar-refractivity contribution is 0.386. The lowest BCUT2D eigenvalue weighted by Gasteiger charge is -2.24. The molecule has 3 rings (SSSR count). The summed E-state index contributed by atoms with van der Waals surface area (Å²) in [4.78, 5) is 13.4. The number of anilines is 2. The van der Waals surface area contributed by atoms with Crippen molar-refractivity contribution in [3.05, 3.63) is 66.6 Å². The number of rotatable bonds is 8. The molecule has 5 nitrogen and oxygen atoms in total. The van der Waals surface area contributed by atoms with Gasteiger partial charge in [0.05, 0.1) is 12.8 Å². The summed E-state index contributed by atoms with van der Waals surface area (Å²) in [5, 5.41) is 0. The molecule has 0 bridgehead atoms. The summed E-state index contributed by atoms with van der Waals surface area (Å²) < 4.78 is 19.1. The van der Waals surface area contributed by atoms with Gasteiger partial charge in [-0.05, 0) is 63.5 Å². The van der Waals surface area contributed by atoms with Crippen LogP contribution in [0.2, 0.25) is 0 Å². The van der Waals surface area contributed by atoms with E-state index in [2.05, 4.69) is 28.9 Å². The van der Waals surface area contributed by atoms with E-state index < -0.39 is 5.82 Å². The highest BCUT2D eigenvalue weighted by molar-refractivity contribution is 5.64. The maximum absolute atomic E-state index is 14.1. The normalized spacial score (nSPS) is 10.9. The minimum absolute atomic E-state index is 0.215. The molecule has 0 unspecified atom stereocenters. The molecule has 0 spiro atoms. The Hall–Kier alpha value is -2.99. The number of hydrogen-bond acceptors (Lipinski definition) is 5. The topological polar surface area (TPSA) is 41.5 Å². The van der Waals surface area contributed by atoms with Crippen LogP contribution in [-0.4, -0.2) is 49.2 Å². The molecule has 0 aliphatic carbocycles. The largest absolute Gasteiger partial charge is 0.494 e. The minimum atomic E-state index is -0.411. The average Bonchev–Trinajstić information content (AvgIpc) is 2.71. The third-order valence-corrected chi connectivity index (χ3v) is 4.39. The van der Waals surface area contributed by atoms with Gasteiger partial charge in [0.1, 0.15) is 0 Å². The Kier molecular flexibility index (Phi) is 6.55. The van der Waals surface area contributed by atoms with Crippen LogP contribution in [-0.2, 0) is 0 Å². The van der Waals surface area contributed by atoms with Gasteiger partial charge in [0.15, 0.2) is 11.6 Å². The van der Waals surface area contributed by atoms with Gasteiger partial charge in [0.2, 0.25) is 5.95 Å². The van der Waals surface area contributed by atoms with E-state index in [0.29, 0.717) is 17.2 Å². The van der Waals surface area contributed by atoms with Crippen LogP contribution in [0.25, 0.3) is 11.3 Å². The molecule has 1 aromatic heterocycles. The Labute approximate surface area is 165 Å². The summed E-state index contributed by atoms with van der Waals surface area (Å²) in [7, 11) is 5.57. The zero-order valence-corrected chi connectivity index (χ0v) is 16.5. The number of aromatic nitrogens is 2. The number of hydrogen-bond donors (Lipinski definition) is 0. The van der Waals surface area contributed by atoms with Gasteiger partial charge in [-0.1, -0.05) is 18.2 Å². The van der Waals surface area contributed by atoms with Crippen molar-refractivity contribution >= 4 is 11.6 Å². The van der Waals surface area contributed by atoms with Gasteiger partial charge >= 0.3 is 0 Å². The maximum Gasteiger partial charge on any atom is 0.230 e. The monoisotopic (exact) mass is 380 g/mol. The van der Waals surface area contributed by atoms with Gasteiger partial charge in [0.25, 0.3) is 0 Å². The van der Waals surface area contributed by atoms with Crippen molar-refractivity contribution in [2.75, 3.05) is 39.2 Å². The lowest BCUT2D eigenvalue weighted by Crippen LogP contribution is -2.24. The SMILES string of the molecule is COc1ccc(-c2ccnc(N(CCCN(C)C)c3ccccc3)n2)cc1F. The first kappa shape index (κ1) is 19.8. The first-order valence-electron chi connectivity index (χ1n) is 9.23. The summed E-state index contributed by atoms with van der Waals surface area (Å²) in [5.41, 5.74) is 2.38. The molecule has 0 radical (unpaired) electrons. The van der Waals surface area contributed by atoms with Crippen LogP contribution >= 0.6 is 0 Å². The first-order valence-corrected chi connectivity index (χ1v) is 9.23. The predicted octanol–water partition coefficient (Wildman–Crippen LogP) is 4.38. The molecular weight excluding hydrogens is 355 g/mol. The second kappa shape index (κ2) is 9.28. The molecule has 0 amide bonds. The Morgan fingerprint density at radius 1 is 1.00 bits per heavy atom. The Morgan fingerprint density at radius 2 is 1.79 bits per heavy atom. The highest BCUT2D eigenvalue weighted by Crippen LogP contribution is 2.27. The summed E-state index contributed by atoms with van der Waals surface area (Å²) in [6.07, 6.45) is 2.67. The fraction of sp³-hybridized carbons (Fsp3) is 0.273. The molecule has 1 heterocycles. The minimum Gasteiger partial charge on any atom is -0.494 e. The van der Waals surface area contributed by atoms with E-state index in [4.69, 9.17) is 9.72 Å². The van der Waals surface area contributed by atoms with Gasteiger partial charge < -0.3 is 14.5 Å². The third-order valence-electron chi connectivity index (χ3n) is 4.39. The van der Waals surface area contributed by atoms with E-state index in [9.17, 15) is 4.39 Å². The molecule has 146 valence electrons. The molecule has 6 heteroatoms. The number of benzene rings is 2. The molecule has 2 aromatic carbocycles. The molecule has 0 fully saturated rings. The standard InChI is InChI=1S/C22H25FN4O/c1-26(2)14-7-15-27(18-8-5-4-6-9-18)22-24-13-12-20(25-22)17-10-11-21(28-3)19(23)16-17/h4-6,8-13,16H,7,14-15H2,1-3H3. The van der Waals surface area contributed by atoms with Crippen molar-refractivity contribution in [3.8, 4) is 17.0 Å². The van der Waals surface area contributed by atoms with Crippen LogP contribution in [0, 0.1) is 5.82 Å². The Bertz CT molecular complexity index is 902. The van der Waals surface area contributed by atoms with E-state index in [0.717, 1.165) is 25.2 Å². The number of ether oxygens (including phenoxy) is 1. The second-order valence-corrected chi connectivity index (χ2v) is 6.74. The highest BCUT2D eigenvalue weighted by Gasteiger charge is 2.14. The molecule has 0 N–H and O–H groups in total. The third kappa shape index (κ3) is 4.84. The van der Waals surface area contributed by atoms with E-state index >= 15 is 0 Å². The van der Waals surface area contributed by atoms with Gasteiger partial charge in [-0.2, -0.15) is 0 Å². The van der Waals surface area contributed by atoms with Crippen LogP contribution in [0.15, 0.2) is 60.8 Å². The van der Waals surface area contributed by atoms with E-state index in [-0.39, 0.29) is 5.75 Å². The summed E-state index contributed by atoms with van der Waals surface area (Å²) in [5.74, 6) is 0.400. The average molecular weight is 380 g/mol. The quantitative estimate of drug-likeness (QED) is 0.580. The lowest BCUT2D eigenvalue weighted by atomic mass is 10.1. The van der Waals surface area contributed by atoms with E-state index in [1.165, 1.54) is 13.2 Å². The van der Waals surface area contributed by atoms with Crippen molar-refractivity contribution in [1.29, 1.82) is 0 Å². The van der Waals surface area contributed by atoms with Crippen LogP contribution in [0.1, 0.15) is 6.42 Å². The Morgan fingerprint density at radius 3 is 2.46 bits per heavy atom. The molecule has 0 aliphatic heterocycles. The highest BCUT2D eigenvalue weighted by atomic mass is 19.1. The molecule has 3 aromatic rings. The fourth-order valence-electron chi connectivity index (χ4n) is 2.96. The predicted molar refractivity (Wildman–Crippen MR) is 111 cm³/mol. The van der Waals surface area contributed by atoms with E-state index in [1.54, 1.807) is 24.4 Å². The molecule has 28 heavy (non-hydrogen) atoms. The first-order chi connectivity index (χ1) is 13.6. The maximum atomic E-state index is 14.1. The molecule has 0 aliphatic rings. The zero-order valence-electron chi connectivity index (χ0n) is 16.5. The van der Waals surface area contributed by atoms with Crippen molar-refractivity contribution < 1.29 is 9.13 Å². The summed E-state index contributed by atoms with van der Waals surface area (Å²) in [6.45, 7) is 1.75. The van der Waals surface area contributed by atoms with Crippen LogP contribution in [0.3, 0.4) is 0 Å². The van der Waals surface area contributed by atoms with Crippen molar-refractivity contribution in [2.45, 2.75) is 6.42 Å². The summed E-state index contributed by atoms with van der Waals surface area (Å²) >= 11 is 0. The number of para-hydroxylation sites is 1. The zero-order chi connectivity index (χ0) is 19.9. The van der Waals surface area contributed by atoms with Crippen LogP contribution < -0.4 is 9.64 Å². The Balaban J connectivity index is 1.92. The van der Waals surface area contributed by atoms with Crippen LogP contribution in [0.4, 0.5) is 16.0 Å². The van der Waals surface area contributed by atoms with Crippen molar-refractivity contribution in [3.63, 3.8) is 0 Å². The van der Waals surface area contributed by atoms with Crippen molar-refractivity contribution in [2.24, 2.45) is 0 Å². The molecule has 0 saturated heterocycles. The number of methoxy groups -OCH3 is 1. The number of nitrogens with zero attached hydrogens (tertiary/aromatic N) is 4. The van der Waals surface area contributed by atoms with Gasteiger partial charge in [-0.25, -0.2) is 14.4 Å². The number of halogens is 1. The second-order valence-electron chi connectivity index (χ2n) is 6.74. The van der Waals surface area contributed by atoms with E-state index in [1.807, 2.05) is 30.3 Å². The fourth-order valence-corrected chi connectivity index (χ4v) is 2.96. The molecular formula is C22H25FN4O. The molecule has 0 atom stereocenters. The summed E-state index contributed by atoms with van der Waals surface area (Å²) in [6, 6.07) is 16.7. The smallest absolute Gasteiger partial charge is 0.230 e. The van der Waals surface area contributed by atoms with Gasteiger partial charge in [-0.3, -0.25) is 0 Å². The van der Waals surface area contributed by atoms with Crippen LogP contribution in [0.5, 0.6) is 5.75 Å². The van der Waals surface area contributed by atoms with Gasteiger partial charge in [-0.15, -0.1) is 0 Å². The van der Waals surface area contributed by atoms with Gasteiger partial charge in [0, 0.05) is 24.0 Å². The van der Waals surface area contributed by atoms with Crippen molar-refractivity contribution in [1.82, 2.24) is 14.9 Å². The molecule has 0 saturated carbocycles.